The molecule has 2 aliphatic rings. The van der Waals surface area contributed by atoms with Gasteiger partial charge in [-0.3, -0.25) is 4.90 Å². The maximum atomic E-state index is 11.6. The van der Waals surface area contributed by atoms with Crippen LogP contribution in [0.5, 0.6) is 11.5 Å². The summed E-state index contributed by atoms with van der Waals surface area (Å²) in [5, 5.41) is 35.2. The number of carboxylic acids is 1. The third kappa shape index (κ3) is 5.59. The Kier molecular flexibility index (Phi) is 7.84. The minimum absolute atomic E-state index is 0.0995. The number of hydrogen-bond donors (Lipinski definition) is 5. The number of carbonyl (C=O) groups is 1. The molecule has 9 nitrogen and oxygen atoms in total. The number of benzene rings is 1. The predicted molar refractivity (Wildman–Crippen MR) is 114 cm³/mol. The first kappa shape index (κ1) is 22.3. The zero-order valence-corrected chi connectivity index (χ0v) is 17.3. The minimum atomic E-state index is -1.23. The van der Waals surface area contributed by atoms with Gasteiger partial charge in [0.05, 0.1) is 6.67 Å². The molecule has 163 valence electrons. The highest BCUT2D eigenvalue weighted by Crippen LogP contribution is 2.33. The molecule has 30 heavy (non-hydrogen) atoms. The summed E-state index contributed by atoms with van der Waals surface area (Å²) < 4.78 is 5.86. The van der Waals surface area contributed by atoms with Crippen LogP contribution in [0.2, 0.25) is 6.32 Å². The van der Waals surface area contributed by atoms with Gasteiger partial charge in [0.15, 0.2) is 0 Å². The topological polar surface area (TPSA) is 118 Å². The van der Waals surface area contributed by atoms with E-state index in [1.54, 1.807) is 12.1 Å². The third-order valence-corrected chi connectivity index (χ3v) is 5.39. The summed E-state index contributed by atoms with van der Waals surface area (Å²) in [5.74, 6) is -1.33. The smallest absolute Gasteiger partial charge is 0.343 e. The van der Waals surface area contributed by atoms with Crippen LogP contribution in [0.4, 0.5) is 0 Å². The number of aromatic hydroxyl groups is 1. The second-order valence-corrected chi connectivity index (χ2v) is 7.63. The highest BCUT2D eigenvalue weighted by atomic mass is 16.5. The van der Waals surface area contributed by atoms with Crippen molar-refractivity contribution in [3.05, 3.63) is 35.2 Å². The van der Waals surface area contributed by atoms with Gasteiger partial charge >= 0.3 is 5.97 Å². The van der Waals surface area contributed by atoms with E-state index in [-0.39, 0.29) is 23.2 Å². The highest BCUT2D eigenvalue weighted by Gasteiger charge is 2.31. The molecule has 0 unspecified atom stereocenters. The van der Waals surface area contributed by atoms with Crippen molar-refractivity contribution in [3.8, 4) is 11.5 Å². The van der Waals surface area contributed by atoms with Crippen molar-refractivity contribution in [3.63, 3.8) is 0 Å². The molecule has 0 amide bonds. The summed E-state index contributed by atoms with van der Waals surface area (Å²) in [6.07, 6.45) is 3.75. The summed E-state index contributed by atoms with van der Waals surface area (Å²) in [4.78, 5) is 16.1. The van der Waals surface area contributed by atoms with Crippen LogP contribution in [-0.2, 0) is 6.42 Å². The van der Waals surface area contributed by atoms with Crippen LogP contribution in [0.25, 0.3) is 0 Å². The number of nitrogens with zero attached hydrogens (tertiary/aromatic N) is 2. The standard InChI is InChI=1S/C20H30BN4O5/c1-22-7-5-15-10-25(13-23-15)9-8-24-11-16(12-24)30-17-3-2-14(4-6-21-29)19(26)18(17)20(27)28/h2-3,10,16,22-23,26,29H,4-9,11-13H2,1H3,(H,27,28). The maximum Gasteiger partial charge on any atom is 0.343 e. The number of carboxylic acid groups (broad SMARTS) is 1. The molecule has 10 heteroatoms. The first-order valence-corrected chi connectivity index (χ1v) is 10.3. The number of nitrogens with one attached hydrogen (secondary N) is 2. The van der Waals surface area contributed by atoms with E-state index in [1.807, 2.05) is 7.05 Å². The molecule has 1 radical (unpaired) electrons. The zero-order chi connectivity index (χ0) is 21.5. The van der Waals surface area contributed by atoms with Gasteiger partial charge < -0.3 is 35.5 Å². The lowest BCUT2D eigenvalue weighted by Gasteiger charge is -2.39. The highest BCUT2D eigenvalue weighted by molar-refractivity contribution is 6.25. The summed E-state index contributed by atoms with van der Waals surface area (Å²) in [7, 11) is 2.94. The molecule has 1 aromatic carbocycles. The van der Waals surface area contributed by atoms with Gasteiger partial charge in [0.2, 0.25) is 0 Å². The fourth-order valence-corrected chi connectivity index (χ4v) is 3.64. The van der Waals surface area contributed by atoms with Crippen molar-refractivity contribution in [2.24, 2.45) is 0 Å². The fraction of sp³-hybridized carbons (Fsp3) is 0.550. The van der Waals surface area contributed by atoms with E-state index >= 15 is 0 Å². The van der Waals surface area contributed by atoms with Gasteiger partial charge in [-0.05, 0) is 31.4 Å². The molecular formula is C20H30BN4O5. The normalized spacial score (nSPS) is 16.7. The number of phenols is 1. The Labute approximate surface area is 177 Å². The van der Waals surface area contributed by atoms with Crippen LogP contribution in [0, 0.1) is 0 Å². The summed E-state index contributed by atoms with van der Waals surface area (Å²) in [6.45, 7) is 5.05. The first-order valence-electron chi connectivity index (χ1n) is 10.3. The zero-order valence-electron chi connectivity index (χ0n) is 17.3. The van der Waals surface area contributed by atoms with Crippen molar-refractivity contribution >= 4 is 13.5 Å². The van der Waals surface area contributed by atoms with E-state index in [0.29, 0.717) is 18.3 Å². The Bertz CT molecular complexity index is 770. The van der Waals surface area contributed by atoms with Crippen molar-refractivity contribution in [1.82, 2.24) is 20.4 Å². The quantitative estimate of drug-likeness (QED) is 0.301. The minimum Gasteiger partial charge on any atom is -0.507 e. The van der Waals surface area contributed by atoms with Crippen LogP contribution >= 0.6 is 0 Å². The molecule has 0 spiro atoms. The SMILES string of the molecule is CNCCC1=CN(CCN2CC(Oc3ccc(CC[B]O)c(O)c3C(=O)O)C2)CN1. The second kappa shape index (κ2) is 10.6. The van der Waals surface area contributed by atoms with Gasteiger partial charge in [0.1, 0.15) is 23.2 Å². The Balaban J connectivity index is 1.47. The lowest BCUT2D eigenvalue weighted by atomic mass is 9.90. The number of rotatable bonds is 12. The van der Waals surface area contributed by atoms with Crippen LogP contribution in [0.15, 0.2) is 24.0 Å². The molecule has 1 fully saturated rings. The van der Waals surface area contributed by atoms with Gasteiger partial charge in [-0.1, -0.05) is 6.07 Å². The molecule has 2 heterocycles. The predicted octanol–water partition coefficient (Wildman–Crippen LogP) is 0.0393. The van der Waals surface area contributed by atoms with E-state index in [1.165, 1.54) is 5.70 Å². The van der Waals surface area contributed by atoms with Crippen LogP contribution in [0.3, 0.4) is 0 Å². The number of aromatic carboxylic acids is 1. The number of ether oxygens (including phenoxy) is 1. The molecule has 0 atom stereocenters. The van der Waals surface area contributed by atoms with Crippen LogP contribution in [0.1, 0.15) is 22.3 Å². The Morgan fingerprint density at radius 1 is 1.33 bits per heavy atom. The Hall–Kier alpha value is -2.43. The average molecular weight is 417 g/mol. The molecule has 1 aromatic rings. The number of aryl methyl sites for hydroxylation is 1. The molecule has 0 bridgehead atoms. The molecule has 0 aliphatic carbocycles. The van der Waals surface area contributed by atoms with Gasteiger partial charge in [-0.15, -0.1) is 0 Å². The van der Waals surface area contributed by atoms with Crippen molar-refractivity contribution in [1.29, 1.82) is 0 Å². The Morgan fingerprint density at radius 3 is 2.83 bits per heavy atom. The number of hydrogen-bond acceptors (Lipinski definition) is 8. The maximum absolute atomic E-state index is 11.6. The summed E-state index contributed by atoms with van der Waals surface area (Å²) in [5.41, 5.74) is 1.50. The molecule has 0 saturated carbocycles. The molecule has 1 saturated heterocycles. The van der Waals surface area contributed by atoms with E-state index in [9.17, 15) is 15.0 Å². The molecule has 5 N–H and O–H groups in total. The average Bonchev–Trinajstić information content (AvgIpc) is 3.14. The van der Waals surface area contributed by atoms with E-state index in [0.717, 1.165) is 53.3 Å². The van der Waals surface area contributed by atoms with Crippen molar-refractivity contribution < 1.29 is 24.8 Å². The molecular weight excluding hydrogens is 387 g/mol. The van der Waals surface area contributed by atoms with E-state index in [2.05, 4.69) is 26.6 Å². The molecule has 3 rings (SSSR count). The van der Waals surface area contributed by atoms with Crippen molar-refractivity contribution in [2.45, 2.75) is 25.3 Å². The molecule has 0 aromatic heterocycles. The van der Waals surface area contributed by atoms with E-state index < -0.39 is 5.97 Å². The largest absolute Gasteiger partial charge is 0.507 e. The third-order valence-electron chi connectivity index (χ3n) is 5.39. The van der Waals surface area contributed by atoms with E-state index in [4.69, 9.17) is 9.76 Å². The van der Waals surface area contributed by atoms with Gasteiger partial charge in [-0.25, -0.2) is 4.79 Å². The summed E-state index contributed by atoms with van der Waals surface area (Å²) >= 11 is 0. The van der Waals surface area contributed by atoms with Crippen LogP contribution in [-0.4, -0.2) is 91.0 Å². The molecule has 2 aliphatic heterocycles. The lowest BCUT2D eigenvalue weighted by Crippen LogP contribution is -2.55. The number of likely N-dealkylation sites (tertiary alicyclic amines) is 1. The first-order chi connectivity index (χ1) is 14.5. The van der Waals surface area contributed by atoms with Crippen molar-refractivity contribution in [2.75, 3.05) is 46.4 Å². The fourth-order valence-electron chi connectivity index (χ4n) is 3.64. The van der Waals surface area contributed by atoms with Gasteiger partial charge in [0.25, 0.3) is 7.48 Å². The Morgan fingerprint density at radius 2 is 2.13 bits per heavy atom. The summed E-state index contributed by atoms with van der Waals surface area (Å²) in [6, 6.07) is 3.24. The van der Waals surface area contributed by atoms with Gasteiger partial charge in [0, 0.05) is 51.0 Å². The van der Waals surface area contributed by atoms with Crippen LogP contribution < -0.4 is 15.4 Å². The monoisotopic (exact) mass is 417 g/mol. The second-order valence-electron chi connectivity index (χ2n) is 7.63. The van der Waals surface area contributed by atoms with Gasteiger partial charge in [-0.2, -0.15) is 0 Å². The lowest BCUT2D eigenvalue weighted by molar-refractivity contribution is 0.0157.